The number of thioether (sulfide) groups is 1. The number of rotatable bonds is 5. The van der Waals surface area contributed by atoms with Crippen LogP contribution in [0.2, 0.25) is 5.02 Å². The lowest BCUT2D eigenvalue weighted by molar-refractivity contribution is 0.198. The first-order valence-electron chi connectivity index (χ1n) is 6.36. The van der Waals surface area contributed by atoms with Crippen LogP contribution in [0.3, 0.4) is 0 Å². The summed E-state index contributed by atoms with van der Waals surface area (Å²) in [4.78, 5) is 1.10. The van der Waals surface area contributed by atoms with Crippen molar-refractivity contribution in [1.82, 2.24) is 0 Å². The first kappa shape index (κ1) is 15.4. The van der Waals surface area contributed by atoms with Gasteiger partial charge >= 0.3 is 0 Å². The van der Waals surface area contributed by atoms with E-state index >= 15 is 0 Å². The molecule has 0 bridgehead atoms. The molecular weight excluding hydrogens is 295 g/mol. The van der Waals surface area contributed by atoms with Crippen molar-refractivity contribution in [3.8, 4) is 0 Å². The Labute approximate surface area is 127 Å². The second kappa shape index (κ2) is 7.11. The molecule has 2 aromatic rings. The highest BCUT2D eigenvalue weighted by molar-refractivity contribution is 7.99. The van der Waals surface area contributed by atoms with E-state index in [-0.39, 0.29) is 12.2 Å². The molecule has 0 aliphatic carbocycles. The molecule has 1 atom stereocenters. The minimum Gasteiger partial charge on any atom is -0.392 e. The fourth-order valence-corrected chi connectivity index (χ4v) is 2.87. The molecule has 0 heterocycles. The van der Waals surface area contributed by atoms with Gasteiger partial charge in [-0.25, -0.2) is 4.39 Å². The molecule has 1 unspecified atom stereocenters. The van der Waals surface area contributed by atoms with E-state index in [4.69, 9.17) is 11.6 Å². The topological polar surface area (TPSA) is 20.2 Å². The fourth-order valence-electron chi connectivity index (χ4n) is 1.84. The van der Waals surface area contributed by atoms with Gasteiger partial charge in [0.2, 0.25) is 0 Å². The molecule has 0 aromatic heterocycles. The lowest BCUT2D eigenvalue weighted by Crippen LogP contribution is -2.14. The van der Waals surface area contributed by atoms with Gasteiger partial charge in [-0.15, -0.1) is 11.8 Å². The van der Waals surface area contributed by atoms with Gasteiger partial charge in [0.1, 0.15) is 5.82 Å². The summed E-state index contributed by atoms with van der Waals surface area (Å²) in [6, 6.07) is 12.5. The normalized spacial score (nSPS) is 12.4. The SMILES string of the molecule is Cc1ccc(SCC(O)Cc2cc(Cl)ccc2F)cc1. The predicted molar refractivity (Wildman–Crippen MR) is 83.0 cm³/mol. The van der Waals surface area contributed by atoms with Crippen LogP contribution in [0, 0.1) is 12.7 Å². The second-order valence-electron chi connectivity index (χ2n) is 4.72. The Balaban J connectivity index is 1.90. The van der Waals surface area contributed by atoms with Crippen molar-refractivity contribution in [3.05, 3.63) is 64.4 Å². The Morgan fingerprint density at radius 3 is 2.60 bits per heavy atom. The van der Waals surface area contributed by atoms with Crippen LogP contribution in [-0.4, -0.2) is 17.0 Å². The molecule has 0 saturated carbocycles. The molecule has 0 aliphatic heterocycles. The zero-order valence-electron chi connectivity index (χ0n) is 11.1. The molecule has 2 aromatic carbocycles. The summed E-state index contributed by atoms with van der Waals surface area (Å²) in [7, 11) is 0. The van der Waals surface area contributed by atoms with Crippen LogP contribution < -0.4 is 0 Å². The largest absolute Gasteiger partial charge is 0.392 e. The Kier molecular flexibility index (Phi) is 5.46. The van der Waals surface area contributed by atoms with Gasteiger partial charge in [0.15, 0.2) is 0 Å². The van der Waals surface area contributed by atoms with Crippen LogP contribution in [0.25, 0.3) is 0 Å². The average molecular weight is 311 g/mol. The van der Waals surface area contributed by atoms with Crippen molar-refractivity contribution in [1.29, 1.82) is 0 Å². The number of aliphatic hydroxyl groups excluding tert-OH is 1. The van der Waals surface area contributed by atoms with E-state index in [9.17, 15) is 9.50 Å². The Morgan fingerprint density at radius 1 is 1.20 bits per heavy atom. The Hall–Kier alpha value is -1.03. The third-order valence-corrected chi connectivity index (χ3v) is 4.32. The third-order valence-electron chi connectivity index (χ3n) is 2.93. The van der Waals surface area contributed by atoms with Crippen LogP contribution in [0.4, 0.5) is 4.39 Å². The van der Waals surface area contributed by atoms with E-state index < -0.39 is 6.10 Å². The molecule has 0 aliphatic rings. The lowest BCUT2D eigenvalue weighted by atomic mass is 10.1. The minimum absolute atomic E-state index is 0.269. The summed E-state index contributed by atoms with van der Waals surface area (Å²) in [5.74, 6) is 0.198. The van der Waals surface area contributed by atoms with Gasteiger partial charge in [-0.05, 0) is 42.8 Å². The molecule has 0 saturated heterocycles. The highest BCUT2D eigenvalue weighted by Gasteiger charge is 2.10. The molecule has 0 spiro atoms. The van der Waals surface area contributed by atoms with Gasteiger partial charge in [-0.2, -0.15) is 0 Å². The first-order chi connectivity index (χ1) is 9.54. The molecule has 2 rings (SSSR count). The molecule has 0 radical (unpaired) electrons. The van der Waals surface area contributed by atoms with Crippen molar-refractivity contribution in [2.75, 3.05) is 5.75 Å². The molecule has 1 N–H and O–H groups in total. The van der Waals surface area contributed by atoms with Gasteiger partial charge in [-0.3, -0.25) is 0 Å². The average Bonchev–Trinajstić information content (AvgIpc) is 2.42. The van der Waals surface area contributed by atoms with E-state index in [0.29, 0.717) is 16.3 Å². The highest BCUT2D eigenvalue weighted by Crippen LogP contribution is 2.22. The van der Waals surface area contributed by atoms with E-state index in [0.717, 1.165) is 4.90 Å². The minimum atomic E-state index is -0.603. The summed E-state index contributed by atoms with van der Waals surface area (Å²) >= 11 is 7.40. The zero-order valence-corrected chi connectivity index (χ0v) is 12.7. The standard InChI is InChI=1S/C16H16ClFOS/c1-11-2-5-15(6-3-11)20-10-14(19)9-12-8-13(17)4-7-16(12)18/h2-8,14,19H,9-10H2,1H3. The summed E-state index contributed by atoms with van der Waals surface area (Å²) in [6.07, 6.45) is -0.333. The van der Waals surface area contributed by atoms with E-state index in [1.54, 1.807) is 17.8 Å². The molecule has 0 amide bonds. The van der Waals surface area contributed by atoms with Crippen molar-refractivity contribution in [2.24, 2.45) is 0 Å². The number of hydrogen-bond donors (Lipinski definition) is 1. The predicted octanol–water partition coefficient (Wildman–Crippen LogP) is 4.48. The lowest BCUT2D eigenvalue weighted by Gasteiger charge is -2.11. The van der Waals surface area contributed by atoms with Crippen LogP contribution in [0.5, 0.6) is 0 Å². The summed E-state index contributed by atoms with van der Waals surface area (Å²) < 4.78 is 13.6. The first-order valence-corrected chi connectivity index (χ1v) is 7.72. The maximum absolute atomic E-state index is 13.6. The monoisotopic (exact) mass is 310 g/mol. The van der Waals surface area contributed by atoms with Gasteiger partial charge in [-0.1, -0.05) is 29.3 Å². The van der Waals surface area contributed by atoms with E-state index in [1.807, 2.05) is 31.2 Å². The molecule has 20 heavy (non-hydrogen) atoms. The maximum atomic E-state index is 13.6. The van der Waals surface area contributed by atoms with Crippen molar-refractivity contribution >= 4 is 23.4 Å². The van der Waals surface area contributed by atoms with Crippen LogP contribution in [0.15, 0.2) is 47.4 Å². The number of benzene rings is 2. The summed E-state index contributed by atoms with van der Waals surface area (Å²) in [5, 5.41) is 10.5. The van der Waals surface area contributed by atoms with Crippen molar-refractivity contribution in [3.63, 3.8) is 0 Å². The molecule has 1 nitrogen and oxygen atoms in total. The van der Waals surface area contributed by atoms with E-state index in [1.165, 1.54) is 17.7 Å². The molecular formula is C16H16ClFOS. The van der Waals surface area contributed by atoms with Crippen LogP contribution in [0.1, 0.15) is 11.1 Å². The van der Waals surface area contributed by atoms with Gasteiger partial charge < -0.3 is 5.11 Å². The van der Waals surface area contributed by atoms with Gasteiger partial charge in [0.05, 0.1) is 6.10 Å². The van der Waals surface area contributed by atoms with Gasteiger partial charge in [0, 0.05) is 22.1 Å². The quantitative estimate of drug-likeness (QED) is 0.822. The number of aryl methyl sites for hydroxylation is 1. The number of hydrogen-bond acceptors (Lipinski definition) is 2. The summed E-state index contributed by atoms with van der Waals surface area (Å²) in [5.41, 5.74) is 1.66. The number of halogens is 2. The third kappa shape index (κ3) is 4.51. The Morgan fingerprint density at radius 2 is 1.90 bits per heavy atom. The van der Waals surface area contributed by atoms with E-state index in [2.05, 4.69) is 0 Å². The van der Waals surface area contributed by atoms with Crippen LogP contribution >= 0.6 is 23.4 Å². The summed E-state index contributed by atoms with van der Waals surface area (Å²) in [6.45, 7) is 2.03. The smallest absolute Gasteiger partial charge is 0.126 e. The zero-order chi connectivity index (χ0) is 14.5. The molecule has 0 fully saturated rings. The van der Waals surface area contributed by atoms with Crippen molar-refractivity contribution < 1.29 is 9.50 Å². The van der Waals surface area contributed by atoms with Crippen LogP contribution in [-0.2, 0) is 6.42 Å². The van der Waals surface area contributed by atoms with Crippen molar-refractivity contribution in [2.45, 2.75) is 24.3 Å². The fraction of sp³-hybridized carbons (Fsp3) is 0.250. The molecule has 106 valence electrons. The number of aliphatic hydroxyl groups is 1. The highest BCUT2D eigenvalue weighted by atomic mass is 35.5. The molecule has 4 heteroatoms. The maximum Gasteiger partial charge on any atom is 0.126 e. The Bertz CT molecular complexity index is 571. The second-order valence-corrected chi connectivity index (χ2v) is 6.25. The van der Waals surface area contributed by atoms with Gasteiger partial charge in [0.25, 0.3) is 0 Å².